The van der Waals surface area contributed by atoms with E-state index in [1.54, 1.807) is 0 Å². The summed E-state index contributed by atoms with van der Waals surface area (Å²) in [7, 11) is 1.36. The fourth-order valence-corrected chi connectivity index (χ4v) is 1.08. The quantitative estimate of drug-likeness (QED) is 0.730. The second kappa shape index (κ2) is 5.45. The van der Waals surface area contributed by atoms with Crippen molar-refractivity contribution in [2.45, 2.75) is 12.7 Å². The number of ether oxygens (including phenoxy) is 1. The van der Waals surface area contributed by atoms with Gasteiger partial charge in [-0.25, -0.2) is 0 Å². The monoisotopic (exact) mass is 196 g/mol. The molecular formula is C12H17NO. The van der Waals surface area contributed by atoms with Gasteiger partial charge in [0.2, 0.25) is 0 Å². The number of hydrogen-bond acceptors (Lipinski definition) is 2. The van der Waals surface area contributed by atoms with Gasteiger partial charge in [-0.2, -0.15) is 0 Å². The lowest BCUT2D eigenvalue weighted by molar-refractivity contribution is 0.410. The van der Waals surface area contributed by atoms with Crippen LogP contribution < -0.4 is 10.5 Å². The van der Waals surface area contributed by atoms with E-state index in [4.69, 9.17) is 17.3 Å². The summed E-state index contributed by atoms with van der Waals surface area (Å²) in [5, 5.41) is 0. The van der Waals surface area contributed by atoms with E-state index in [-0.39, 0.29) is 29.5 Å². The number of allylic oxidation sites excluding steroid dienone is 1. The molecule has 1 rings (SSSR count). The Morgan fingerprint density at radius 2 is 2.57 bits per heavy atom. The van der Waals surface area contributed by atoms with Crippen LogP contribution in [0, 0.1) is 0 Å². The Kier molecular flexibility index (Phi) is 2.17. The Balaban J connectivity index is 3.50. The molecule has 0 saturated heterocycles. The molecule has 76 valence electrons. The molecule has 14 heavy (non-hydrogen) atoms. The summed E-state index contributed by atoms with van der Waals surface area (Å²) in [6, 6.07) is 2.46. The lowest BCUT2D eigenvalue weighted by Gasteiger charge is -2.08. The molecule has 0 amide bonds. The number of benzene rings is 1. The summed E-state index contributed by atoms with van der Waals surface area (Å²) in [6.45, 7) is 3.15. The van der Waals surface area contributed by atoms with Gasteiger partial charge in [0.25, 0.3) is 0 Å². The van der Waals surface area contributed by atoms with Crippen molar-refractivity contribution in [1.29, 1.82) is 0 Å². The Morgan fingerprint density at radius 3 is 3.14 bits per heavy atom. The third-order valence-corrected chi connectivity index (χ3v) is 1.68. The minimum absolute atomic E-state index is 0.0791. The highest BCUT2D eigenvalue weighted by Gasteiger charge is 2.02. The Hall–Kier alpha value is -1.28. The molecule has 2 heteroatoms. The maximum Gasteiger partial charge on any atom is 0.122 e. The highest BCUT2D eigenvalue weighted by atomic mass is 16.5. The van der Waals surface area contributed by atoms with Crippen LogP contribution in [0.2, 0.25) is 0 Å². The van der Waals surface area contributed by atoms with E-state index < -0.39 is 12.7 Å². The van der Waals surface area contributed by atoms with Crippen LogP contribution in [0.4, 0.5) is 0 Å². The van der Waals surface area contributed by atoms with Crippen molar-refractivity contribution in [1.82, 2.24) is 0 Å². The average molecular weight is 196 g/mol. The maximum atomic E-state index is 7.85. The Morgan fingerprint density at radius 1 is 1.79 bits per heavy atom. The maximum absolute atomic E-state index is 7.85. The third kappa shape index (κ3) is 2.60. The molecule has 0 unspecified atom stereocenters. The van der Waals surface area contributed by atoms with Crippen LogP contribution in [0.15, 0.2) is 30.8 Å². The van der Waals surface area contributed by atoms with Gasteiger partial charge in [-0.3, -0.25) is 0 Å². The van der Waals surface area contributed by atoms with E-state index in [1.165, 1.54) is 19.2 Å². The lowest BCUT2D eigenvalue weighted by Crippen LogP contribution is -2.03. The smallest absolute Gasteiger partial charge is 0.122 e. The fraction of sp³-hybridized carbons (Fsp3) is 0.333. The van der Waals surface area contributed by atoms with Gasteiger partial charge in [0.15, 0.2) is 0 Å². The molecule has 0 atom stereocenters. The van der Waals surface area contributed by atoms with Gasteiger partial charge in [0, 0.05) is 5.48 Å². The van der Waals surface area contributed by atoms with E-state index in [0.717, 1.165) is 6.08 Å². The molecule has 0 heterocycles. The van der Waals surface area contributed by atoms with Gasteiger partial charge in [0.1, 0.15) is 5.75 Å². The molecule has 1 aromatic carbocycles. The molecule has 1 aromatic rings. The van der Waals surface area contributed by atoms with Crippen LogP contribution in [-0.2, 0) is 12.7 Å². The summed E-state index contributed by atoms with van der Waals surface area (Å²) in [6.07, 6.45) is -2.60. The molecular weight excluding hydrogens is 174 g/mol. The van der Waals surface area contributed by atoms with E-state index in [9.17, 15) is 0 Å². The van der Waals surface area contributed by atoms with Crippen LogP contribution in [-0.4, -0.2) is 13.7 Å². The molecule has 0 saturated carbocycles. The van der Waals surface area contributed by atoms with Gasteiger partial charge in [0.05, 0.1) is 8.48 Å². The zero-order valence-electron chi connectivity index (χ0n) is 13.1. The first kappa shape index (κ1) is 5.56. The number of methoxy groups -OCH3 is 1. The molecule has 0 aliphatic rings. The standard InChI is InChI=1S/C12H17NO/c1-3-4-11-6-5-10(7-8-13)9-12(11)14-2/h3,5-6,9H,1,4,7-8,13H2,2H3/i4D2,5D,7D2. The Labute approximate surface area is 92.4 Å². The molecule has 0 spiro atoms. The van der Waals surface area contributed by atoms with Gasteiger partial charge in [-0.05, 0) is 36.5 Å². The SMILES string of the molecule is [2H]c1cc(C([2H])([2H])C=C)c(OC)cc1C([2H])([2H])CN. The van der Waals surface area contributed by atoms with Crippen LogP contribution in [0.5, 0.6) is 5.75 Å². The normalized spacial score (nSPS) is 17.1. The molecule has 0 radical (unpaired) electrons. The van der Waals surface area contributed by atoms with E-state index in [1.807, 2.05) is 0 Å². The van der Waals surface area contributed by atoms with Gasteiger partial charge < -0.3 is 10.5 Å². The number of hydrogen-bond donors (Lipinski definition) is 1. The molecule has 0 aliphatic heterocycles. The van der Waals surface area contributed by atoms with E-state index in [2.05, 4.69) is 6.58 Å². The first-order valence-corrected chi connectivity index (χ1v) is 4.23. The van der Waals surface area contributed by atoms with Crippen molar-refractivity contribution in [3.8, 4) is 5.75 Å². The van der Waals surface area contributed by atoms with Crippen LogP contribution in [0.1, 0.15) is 18.0 Å². The molecule has 0 aliphatic carbocycles. The van der Waals surface area contributed by atoms with E-state index in [0.29, 0.717) is 0 Å². The second-order valence-corrected chi connectivity index (χ2v) is 2.56. The van der Waals surface area contributed by atoms with Crippen molar-refractivity contribution in [3.63, 3.8) is 0 Å². The predicted molar refractivity (Wildman–Crippen MR) is 59.7 cm³/mol. The fourth-order valence-electron chi connectivity index (χ4n) is 1.08. The van der Waals surface area contributed by atoms with Crippen LogP contribution in [0.3, 0.4) is 0 Å². The second-order valence-electron chi connectivity index (χ2n) is 2.56. The van der Waals surface area contributed by atoms with Crippen molar-refractivity contribution in [3.05, 3.63) is 42.0 Å². The summed E-state index contributed by atoms with van der Waals surface area (Å²) in [5.41, 5.74) is 5.58. The molecule has 0 bridgehead atoms. The van der Waals surface area contributed by atoms with Crippen LogP contribution >= 0.6 is 0 Å². The molecule has 2 N–H and O–H groups in total. The van der Waals surface area contributed by atoms with Crippen molar-refractivity contribution >= 4 is 0 Å². The number of rotatable bonds is 5. The first-order chi connectivity index (χ1) is 8.69. The summed E-state index contributed by atoms with van der Waals surface area (Å²) in [4.78, 5) is 0. The highest BCUT2D eigenvalue weighted by molar-refractivity contribution is 5.38. The minimum atomic E-state index is -1.86. The number of nitrogens with two attached hydrogens (primary N) is 1. The van der Waals surface area contributed by atoms with Crippen molar-refractivity contribution in [2.24, 2.45) is 5.73 Å². The van der Waals surface area contributed by atoms with Crippen molar-refractivity contribution in [2.75, 3.05) is 13.7 Å². The third-order valence-electron chi connectivity index (χ3n) is 1.68. The summed E-state index contributed by atoms with van der Waals surface area (Å²) >= 11 is 0. The molecule has 0 fully saturated rings. The zero-order valence-corrected chi connectivity index (χ0v) is 8.13. The lowest BCUT2D eigenvalue weighted by atomic mass is 10.1. The highest BCUT2D eigenvalue weighted by Crippen LogP contribution is 2.21. The topological polar surface area (TPSA) is 35.2 Å². The first-order valence-electron chi connectivity index (χ1n) is 6.73. The Bertz CT molecular complexity index is 487. The van der Waals surface area contributed by atoms with Gasteiger partial charge in [-0.15, -0.1) is 6.58 Å². The van der Waals surface area contributed by atoms with Crippen LogP contribution in [0.25, 0.3) is 0 Å². The van der Waals surface area contributed by atoms with E-state index >= 15 is 0 Å². The average Bonchev–Trinajstić information content (AvgIpc) is 2.38. The predicted octanol–water partition coefficient (Wildman–Crippen LogP) is 1.92. The zero-order chi connectivity index (χ0) is 14.8. The largest absolute Gasteiger partial charge is 0.496 e. The van der Waals surface area contributed by atoms with Gasteiger partial charge in [-0.1, -0.05) is 18.2 Å². The summed E-state index contributed by atoms with van der Waals surface area (Å²) in [5.74, 6) is 0.174. The molecule has 2 nitrogen and oxygen atoms in total. The van der Waals surface area contributed by atoms with Crippen molar-refractivity contribution < 1.29 is 11.6 Å². The summed E-state index contributed by atoms with van der Waals surface area (Å²) < 4.78 is 44.0. The minimum Gasteiger partial charge on any atom is -0.496 e. The van der Waals surface area contributed by atoms with Gasteiger partial charge >= 0.3 is 0 Å². The molecule has 0 aromatic heterocycles.